The van der Waals surface area contributed by atoms with E-state index < -0.39 is 10.0 Å². The molecule has 2 rings (SSSR count). The van der Waals surface area contributed by atoms with Gasteiger partial charge in [0.05, 0.1) is 5.75 Å². The maximum atomic E-state index is 11.8. The topological polar surface area (TPSA) is 80.5 Å². The lowest BCUT2D eigenvalue weighted by Crippen LogP contribution is -2.27. The molecule has 1 amide bonds. The number of amides is 1. The van der Waals surface area contributed by atoms with Crippen LogP contribution in [0.25, 0.3) is 0 Å². The number of carbonyl (C=O) groups excluding carboxylic acids is 1. The van der Waals surface area contributed by atoms with Crippen LogP contribution < -0.4 is 5.14 Å². The summed E-state index contributed by atoms with van der Waals surface area (Å²) in [4.78, 5) is 13.5. The van der Waals surface area contributed by atoms with Crippen LogP contribution in [-0.4, -0.2) is 31.5 Å². The molecule has 5 nitrogen and oxygen atoms in total. The van der Waals surface area contributed by atoms with E-state index in [-0.39, 0.29) is 24.0 Å². The highest BCUT2D eigenvalue weighted by Crippen LogP contribution is 2.20. The summed E-state index contributed by atoms with van der Waals surface area (Å²) in [6.45, 7) is 0.991. The number of sulfonamides is 1. The Balaban J connectivity index is 1.98. The summed E-state index contributed by atoms with van der Waals surface area (Å²) >= 11 is 0. The molecule has 1 aliphatic heterocycles. The monoisotopic (exact) mass is 268 g/mol. The van der Waals surface area contributed by atoms with Crippen molar-refractivity contribution >= 4 is 15.9 Å². The van der Waals surface area contributed by atoms with E-state index in [0.29, 0.717) is 13.1 Å². The summed E-state index contributed by atoms with van der Waals surface area (Å²) in [6.07, 6.45) is 0.267. The van der Waals surface area contributed by atoms with Gasteiger partial charge in [-0.1, -0.05) is 30.3 Å². The molecule has 1 aliphatic rings. The van der Waals surface area contributed by atoms with Gasteiger partial charge < -0.3 is 4.90 Å². The molecule has 0 radical (unpaired) electrons. The maximum Gasteiger partial charge on any atom is 0.223 e. The van der Waals surface area contributed by atoms with Crippen LogP contribution >= 0.6 is 0 Å². The zero-order valence-electron chi connectivity index (χ0n) is 9.95. The van der Waals surface area contributed by atoms with Gasteiger partial charge in [0.2, 0.25) is 15.9 Å². The standard InChI is InChI=1S/C12H16N2O3S/c13-18(16,17)9-11-6-12(15)14(8-11)7-10-4-2-1-3-5-10/h1-5,11H,6-9H2,(H2,13,16,17). The van der Waals surface area contributed by atoms with Crippen LogP contribution in [0.1, 0.15) is 12.0 Å². The summed E-state index contributed by atoms with van der Waals surface area (Å²) in [5.41, 5.74) is 1.04. The zero-order chi connectivity index (χ0) is 13.2. The van der Waals surface area contributed by atoms with E-state index in [1.54, 1.807) is 4.90 Å². The van der Waals surface area contributed by atoms with Crippen LogP contribution in [-0.2, 0) is 21.4 Å². The fourth-order valence-electron chi connectivity index (χ4n) is 2.25. The van der Waals surface area contributed by atoms with E-state index in [1.165, 1.54) is 0 Å². The summed E-state index contributed by atoms with van der Waals surface area (Å²) < 4.78 is 22.0. The lowest BCUT2D eigenvalue weighted by atomic mass is 10.1. The molecular weight excluding hydrogens is 252 g/mol. The van der Waals surface area contributed by atoms with Gasteiger partial charge >= 0.3 is 0 Å². The van der Waals surface area contributed by atoms with E-state index >= 15 is 0 Å². The molecule has 6 heteroatoms. The average molecular weight is 268 g/mol. The smallest absolute Gasteiger partial charge is 0.223 e. The first-order valence-corrected chi connectivity index (χ1v) is 7.48. The molecule has 1 saturated heterocycles. The third-order valence-electron chi connectivity index (χ3n) is 2.98. The minimum absolute atomic E-state index is 0.00694. The van der Waals surface area contributed by atoms with Crippen molar-refractivity contribution in [1.29, 1.82) is 0 Å². The Labute approximate surface area is 107 Å². The Morgan fingerprint density at radius 3 is 2.56 bits per heavy atom. The highest BCUT2D eigenvalue weighted by molar-refractivity contribution is 7.89. The molecule has 1 aromatic carbocycles. The molecule has 1 aromatic rings. The minimum atomic E-state index is -3.51. The van der Waals surface area contributed by atoms with Crippen molar-refractivity contribution in [1.82, 2.24) is 4.90 Å². The molecule has 2 N–H and O–H groups in total. The number of benzene rings is 1. The van der Waals surface area contributed by atoms with Gasteiger partial charge in [-0.15, -0.1) is 0 Å². The SMILES string of the molecule is NS(=O)(=O)CC1CC(=O)N(Cc2ccccc2)C1. The van der Waals surface area contributed by atoms with Crippen LogP contribution in [0.15, 0.2) is 30.3 Å². The van der Waals surface area contributed by atoms with Crippen LogP contribution in [0.5, 0.6) is 0 Å². The third-order valence-corrected chi connectivity index (χ3v) is 3.91. The fourth-order valence-corrected chi connectivity index (χ4v) is 3.13. The van der Waals surface area contributed by atoms with Crippen molar-refractivity contribution in [3.63, 3.8) is 0 Å². The molecule has 1 atom stereocenters. The second-order valence-corrected chi connectivity index (χ2v) is 6.32. The van der Waals surface area contributed by atoms with Crippen LogP contribution in [0.3, 0.4) is 0 Å². The Hall–Kier alpha value is -1.40. The lowest BCUT2D eigenvalue weighted by molar-refractivity contribution is -0.128. The predicted molar refractivity (Wildman–Crippen MR) is 67.9 cm³/mol. The van der Waals surface area contributed by atoms with Crippen LogP contribution in [0, 0.1) is 5.92 Å². The average Bonchev–Trinajstić information content (AvgIpc) is 2.58. The van der Waals surface area contributed by atoms with E-state index in [1.807, 2.05) is 30.3 Å². The lowest BCUT2D eigenvalue weighted by Gasteiger charge is -2.16. The van der Waals surface area contributed by atoms with Gasteiger partial charge in [0.1, 0.15) is 0 Å². The predicted octanol–water partition coefficient (Wildman–Crippen LogP) is 0.324. The first kappa shape index (κ1) is 13.0. The highest BCUT2D eigenvalue weighted by Gasteiger charge is 2.31. The molecule has 18 heavy (non-hydrogen) atoms. The van der Waals surface area contributed by atoms with Gasteiger partial charge in [-0.3, -0.25) is 4.79 Å². The van der Waals surface area contributed by atoms with Crippen molar-refractivity contribution in [3.05, 3.63) is 35.9 Å². The summed E-state index contributed by atoms with van der Waals surface area (Å²) in [6, 6.07) is 9.63. The van der Waals surface area contributed by atoms with Crippen molar-refractivity contribution in [2.75, 3.05) is 12.3 Å². The first-order valence-electron chi connectivity index (χ1n) is 5.76. The molecule has 1 fully saturated rings. The quantitative estimate of drug-likeness (QED) is 0.854. The van der Waals surface area contributed by atoms with Crippen molar-refractivity contribution in [2.45, 2.75) is 13.0 Å². The van der Waals surface area contributed by atoms with E-state index in [4.69, 9.17) is 5.14 Å². The molecule has 1 unspecified atom stereocenters. The maximum absolute atomic E-state index is 11.8. The van der Waals surface area contributed by atoms with Crippen molar-refractivity contribution in [3.8, 4) is 0 Å². The number of nitrogens with two attached hydrogens (primary N) is 1. The van der Waals surface area contributed by atoms with Gasteiger partial charge in [0, 0.05) is 25.4 Å². The van der Waals surface area contributed by atoms with E-state index in [9.17, 15) is 13.2 Å². The van der Waals surface area contributed by atoms with Gasteiger partial charge in [-0.2, -0.15) is 0 Å². The van der Waals surface area contributed by atoms with Crippen molar-refractivity contribution in [2.24, 2.45) is 11.1 Å². The Bertz CT molecular complexity index is 528. The van der Waals surface area contributed by atoms with E-state index in [2.05, 4.69) is 0 Å². The van der Waals surface area contributed by atoms with Crippen LogP contribution in [0.4, 0.5) is 0 Å². The van der Waals surface area contributed by atoms with Gasteiger partial charge in [-0.25, -0.2) is 13.6 Å². The van der Waals surface area contributed by atoms with Gasteiger partial charge in [0.25, 0.3) is 0 Å². The first-order chi connectivity index (χ1) is 8.44. The molecule has 0 bridgehead atoms. The molecule has 0 aliphatic carbocycles. The molecule has 1 heterocycles. The van der Waals surface area contributed by atoms with Gasteiger partial charge in [0.15, 0.2) is 0 Å². The number of carbonyl (C=O) groups is 1. The van der Waals surface area contributed by atoms with E-state index in [0.717, 1.165) is 5.56 Å². The highest BCUT2D eigenvalue weighted by atomic mass is 32.2. The fraction of sp³-hybridized carbons (Fsp3) is 0.417. The second kappa shape index (κ2) is 5.07. The Morgan fingerprint density at radius 1 is 1.28 bits per heavy atom. The number of likely N-dealkylation sites (tertiary alicyclic amines) is 1. The molecule has 0 aromatic heterocycles. The van der Waals surface area contributed by atoms with Gasteiger partial charge in [-0.05, 0) is 5.56 Å². The molecule has 0 spiro atoms. The summed E-state index contributed by atoms with van der Waals surface area (Å²) in [5.74, 6) is -0.312. The Kier molecular flexibility index (Phi) is 3.68. The zero-order valence-corrected chi connectivity index (χ0v) is 10.8. The van der Waals surface area contributed by atoms with Crippen LogP contribution in [0.2, 0.25) is 0 Å². The normalized spacial score (nSPS) is 20.4. The number of rotatable bonds is 4. The minimum Gasteiger partial charge on any atom is -0.338 e. The van der Waals surface area contributed by atoms with Crippen molar-refractivity contribution < 1.29 is 13.2 Å². The second-order valence-electron chi connectivity index (χ2n) is 4.66. The summed E-state index contributed by atoms with van der Waals surface area (Å²) in [7, 11) is -3.51. The largest absolute Gasteiger partial charge is 0.338 e. The number of hydrogen-bond acceptors (Lipinski definition) is 3. The molecule has 98 valence electrons. The third kappa shape index (κ3) is 3.54. The summed E-state index contributed by atoms with van der Waals surface area (Å²) in [5, 5.41) is 5.00. The Morgan fingerprint density at radius 2 is 1.94 bits per heavy atom. The molecule has 0 saturated carbocycles. The number of hydrogen-bond donors (Lipinski definition) is 1. The number of primary sulfonamides is 1. The number of nitrogens with zero attached hydrogens (tertiary/aromatic N) is 1. The molecular formula is C12H16N2O3S.